The van der Waals surface area contributed by atoms with E-state index in [-0.39, 0.29) is 11.3 Å². The van der Waals surface area contributed by atoms with Gasteiger partial charge in [0.15, 0.2) is 5.69 Å². The number of nitrogens with zero attached hydrogens (tertiary/aromatic N) is 2. The van der Waals surface area contributed by atoms with Gasteiger partial charge in [0, 0.05) is 16.9 Å². The molecule has 6 nitrogen and oxygen atoms in total. The maximum absolute atomic E-state index is 12.9. The number of carboxylic acid groups (broad SMARTS) is 1. The Balaban J connectivity index is 2.09. The number of rotatable bonds is 5. The maximum atomic E-state index is 12.9. The maximum Gasteiger partial charge on any atom is 0.357 e. The molecular formula is C19H18ClN3O3. The third-order valence-corrected chi connectivity index (χ3v) is 4.63. The van der Waals surface area contributed by atoms with Crippen molar-refractivity contribution in [3.8, 4) is 0 Å². The Labute approximate surface area is 155 Å². The van der Waals surface area contributed by atoms with Crippen molar-refractivity contribution >= 4 is 34.7 Å². The minimum atomic E-state index is -1.26. The van der Waals surface area contributed by atoms with Crippen LogP contribution in [0.2, 0.25) is 5.02 Å². The summed E-state index contributed by atoms with van der Waals surface area (Å²) < 4.78 is 1.43. The van der Waals surface area contributed by atoms with Crippen molar-refractivity contribution in [1.29, 1.82) is 0 Å². The number of fused-ring (bicyclic) bond motifs is 1. The average Bonchev–Trinajstić information content (AvgIpc) is 3.08. The van der Waals surface area contributed by atoms with E-state index in [1.165, 1.54) is 10.6 Å². The molecule has 3 aromatic rings. The highest BCUT2D eigenvalue weighted by Gasteiger charge is 2.22. The second-order valence-electron chi connectivity index (χ2n) is 5.81. The van der Waals surface area contributed by atoms with Crippen molar-refractivity contribution in [1.82, 2.24) is 9.61 Å². The van der Waals surface area contributed by atoms with Crippen molar-refractivity contribution in [2.24, 2.45) is 0 Å². The molecule has 1 amide bonds. The van der Waals surface area contributed by atoms with Crippen molar-refractivity contribution in [2.45, 2.75) is 26.7 Å². The van der Waals surface area contributed by atoms with Gasteiger partial charge in [-0.25, -0.2) is 9.31 Å². The number of halogens is 1. The van der Waals surface area contributed by atoms with Gasteiger partial charge in [-0.2, -0.15) is 5.10 Å². The van der Waals surface area contributed by atoms with Crippen LogP contribution < -0.4 is 5.32 Å². The molecule has 0 radical (unpaired) electrons. The lowest BCUT2D eigenvalue weighted by atomic mass is 10.0. The summed E-state index contributed by atoms with van der Waals surface area (Å²) >= 11 is 6.27. The number of nitrogens with one attached hydrogen (secondary N) is 1. The molecule has 2 heterocycles. The molecule has 0 saturated carbocycles. The Morgan fingerprint density at radius 1 is 1.23 bits per heavy atom. The van der Waals surface area contributed by atoms with E-state index in [0.29, 0.717) is 29.1 Å². The fourth-order valence-electron chi connectivity index (χ4n) is 2.95. The van der Waals surface area contributed by atoms with Crippen LogP contribution in [0, 0.1) is 0 Å². The molecule has 0 saturated heterocycles. The molecule has 7 heteroatoms. The number of aromatic nitrogens is 2. The van der Waals surface area contributed by atoms with Gasteiger partial charge in [0.25, 0.3) is 5.91 Å². The summed E-state index contributed by atoms with van der Waals surface area (Å²) in [6.45, 7) is 3.93. The predicted molar refractivity (Wildman–Crippen MR) is 100 cm³/mol. The van der Waals surface area contributed by atoms with E-state index in [9.17, 15) is 14.7 Å². The number of hydrogen-bond acceptors (Lipinski definition) is 3. The molecule has 0 atom stereocenters. The minimum Gasteiger partial charge on any atom is -0.476 e. The molecule has 0 aliphatic heterocycles. The van der Waals surface area contributed by atoms with Crippen LogP contribution >= 0.6 is 11.6 Å². The van der Waals surface area contributed by atoms with Crippen LogP contribution in [0.25, 0.3) is 5.52 Å². The summed E-state index contributed by atoms with van der Waals surface area (Å²) in [6, 6.07) is 8.68. The Morgan fingerprint density at radius 2 is 2.00 bits per heavy atom. The Hall–Kier alpha value is -2.86. The monoisotopic (exact) mass is 371 g/mol. The predicted octanol–water partition coefficient (Wildman–Crippen LogP) is 4.06. The Kier molecular flexibility index (Phi) is 4.95. The van der Waals surface area contributed by atoms with Gasteiger partial charge in [-0.05, 0) is 48.2 Å². The van der Waals surface area contributed by atoms with Crippen LogP contribution in [0.1, 0.15) is 45.8 Å². The zero-order valence-corrected chi connectivity index (χ0v) is 15.2. The Morgan fingerprint density at radius 3 is 2.65 bits per heavy atom. The fraction of sp³-hybridized carbons (Fsp3) is 0.211. The zero-order valence-electron chi connectivity index (χ0n) is 14.4. The molecule has 2 N–H and O–H groups in total. The summed E-state index contributed by atoms with van der Waals surface area (Å²) in [5, 5.41) is 16.9. The summed E-state index contributed by atoms with van der Waals surface area (Å²) in [4.78, 5) is 24.5. The molecule has 0 fully saturated rings. The normalized spacial score (nSPS) is 10.9. The number of amides is 1. The van der Waals surface area contributed by atoms with Crippen LogP contribution in [0.3, 0.4) is 0 Å². The number of anilines is 1. The molecule has 0 bridgehead atoms. The first kappa shape index (κ1) is 17.9. The molecule has 3 rings (SSSR count). The van der Waals surface area contributed by atoms with Gasteiger partial charge in [-0.1, -0.05) is 31.5 Å². The van der Waals surface area contributed by atoms with Crippen molar-refractivity contribution in [3.63, 3.8) is 0 Å². The van der Waals surface area contributed by atoms with Crippen LogP contribution in [0.15, 0.2) is 36.5 Å². The molecule has 26 heavy (non-hydrogen) atoms. The average molecular weight is 372 g/mol. The third-order valence-electron chi connectivity index (χ3n) is 4.28. The molecule has 0 spiro atoms. The number of carbonyl (C=O) groups excluding carboxylic acids is 1. The lowest BCUT2D eigenvalue weighted by Crippen LogP contribution is -2.20. The van der Waals surface area contributed by atoms with E-state index < -0.39 is 11.9 Å². The van der Waals surface area contributed by atoms with Gasteiger partial charge in [0.05, 0.1) is 11.1 Å². The van der Waals surface area contributed by atoms with Gasteiger partial charge < -0.3 is 10.4 Å². The molecule has 0 aliphatic rings. The standard InChI is InChI=1S/C19H18ClN3O3/c1-3-11-7-8-15(20)13(4-2)16(11)21-18(24)14-10-12-6-5-9-23(12)22-17(14)19(25)26/h5-10H,3-4H2,1-2H3,(H,21,24)(H,25,26). The van der Waals surface area contributed by atoms with Gasteiger partial charge in [0.2, 0.25) is 0 Å². The molecular weight excluding hydrogens is 354 g/mol. The molecule has 0 aliphatic carbocycles. The topological polar surface area (TPSA) is 83.7 Å². The Bertz CT molecular complexity index is 1010. The zero-order chi connectivity index (χ0) is 18.8. The smallest absolute Gasteiger partial charge is 0.357 e. The minimum absolute atomic E-state index is 0.00721. The summed E-state index contributed by atoms with van der Waals surface area (Å²) in [5.74, 6) is -1.78. The second kappa shape index (κ2) is 7.17. The quantitative estimate of drug-likeness (QED) is 0.708. The SMILES string of the molecule is CCc1ccc(Cl)c(CC)c1NC(=O)c1cc2cccn2nc1C(=O)O. The number of benzene rings is 1. The van der Waals surface area contributed by atoms with Crippen molar-refractivity contribution in [2.75, 3.05) is 5.32 Å². The largest absolute Gasteiger partial charge is 0.476 e. The van der Waals surface area contributed by atoms with Crippen LogP contribution in [0.5, 0.6) is 0 Å². The van der Waals surface area contributed by atoms with Gasteiger partial charge in [-0.15, -0.1) is 0 Å². The molecule has 134 valence electrons. The number of hydrogen-bond donors (Lipinski definition) is 2. The summed E-state index contributed by atoms with van der Waals surface area (Å²) in [6.07, 6.45) is 2.98. The van der Waals surface area contributed by atoms with E-state index in [4.69, 9.17) is 11.6 Å². The first-order valence-electron chi connectivity index (χ1n) is 8.29. The number of carbonyl (C=O) groups is 2. The third kappa shape index (κ3) is 3.15. The van der Waals surface area contributed by atoms with Gasteiger partial charge in [0.1, 0.15) is 0 Å². The summed E-state index contributed by atoms with van der Waals surface area (Å²) in [7, 11) is 0. The highest BCUT2D eigenvalue weighted by atomic mass is 35.5. The molecule has 0 unspecified atom stereocenters. The van der Waals surface area contributed by atoms with E-state index in [2.05, 4.69) is 10.4 Å². The first-order chi connectivity index (χ1) is 12.5. The lowest BCUT2D eigenvalue weighted by molar-refractivity contribution is 0.0684. The van der Waals surface area contributed by atoms with E-state index in [0.717, 1.165) is 11.1 Å². The number of carboxylic acids is 1. The fourth-order valence-corrected chi connectivity index (χ4v) is 3.24. The van der Waals surface area contributed by atoms with E-state index >= 15 is 0 Å². The highest BCUT2D eigenvalue weighted by molar-refractivity contribution is 6.32. The molecule has 1 aromatic carbocycles. The van der Waals surface area contributed by atoms with Crippen LogP contribution in [-0.4, -0.2) is 26.6 Å². The van der Waals surface area contributed by atoms with Crippen molar-refractivity contribution in [3.05, 3.63) is 63.9 Å². The first-order valence-corrected chi connectivity index (χ1v) is 8.67. The van der Waals surface area contributed by atoms with Gasteiger partial charge in [-0.3, -0.25) is 4.79 Å². The van der Waals surface area contributed by atoms with E-state index in [1.54, 1.807) is 18.3 Å². The molecule has 2 aromatic heterocycles. The summed E-state index contributed by atoms with van der Waals surface area (Å²) in [5.41, 5.74) is 2.75. The second-order valence-corrected chi connectivity index (χ2v) is 6.22. The van der Waals surface area contributed by atoms with Crippen LogP contribution in [-0.2, 0) is 12.8 Å². The lowest BCUT2D eigenvalue weighted by Gasteiger charge is -2.16. The van der Waals surface area contributed by atoms with Crippen LogP contribution in [0.4, 0.5) is 5.69 Å². The highest BCUT2D eigenvalue weighted by Crippen LogP contribution is 2.30. The van der Waals surface area contributed by atoms with E-state index in [1.807, 2.05) is 26.0 Å². The van der Waals surface area contributed by atoms with Crippen molar-refractivity contribution < 1.29 is 14.7 Å². The number of aryl methyl sites for hydroxylation is 1. The number of aromatic carboxylic acids is 1. The van der Waals surface area contributed by atoms with Gasteiger partial charge >= 0.3 is 5.97 Å².